The van der Waals surface area contributed by atoms with Crippen molar-refractivity contribution in [3.05, 3.63) is 54.0 Å². The third kappa shape index (κ3) is 5.18. The summed E-state index contributed by atoms with van der Waals surface area (Å²) in [5.41, 5.74) is 0.930. The van der Waals surface area contributed by atoms with E-state index in [2.05, 4.69) is 5.32 Å². The Hall–Kier alpha value is -2.76. The number of ether oxygens (including phenoxy) is 1. The largest absolute Gasteiger partial charge is 0.497 e. The number of hydrogen-bond acceptors (Lipinski definition) is 4. The van der Waals surface area contributed by atoms with Crippen molar-refractivity contribution in [3.8, 4) is 5.75 Å². The summed E-state index contributed by atoms with van der Waals surface area (Å²) >= 11 is 0. The number of benzene rings is 1. The van der Waals surface area contributed by atoms with Gasteiger partial charge in [-0.15, -0.1) is 0 Å². The van der Waals surface area contributed by atoms with Gasteiger partial charge in [0.05, 0.1) is 26.5 Å². The number of nitrogens with one attached hydrogen (secondary N) is 1. The zero-order chi connectivity index (χ0) is 16.7. The van der Waals surface area contributed by atoms with Crippen LogP contribution in [0.4, 0.5) is 0 Å². The SMILES string of the molecule is COc1ccc(CN(CC(=O)NCc2ccco2)C(C)=O)cc1. The molecule has 122 valence electrons. The number of furan rings is 1. The smallest absolute Gasteiger partial charge is 0.240 e. The number of methoxy groups -OCH3 is 1. The van der Waals surface area contributed by atoms with Gasteiger partial charge >= 0.3 is 0 Å². The van der Waals surface area contributed by atoms with Crippen molar-refractivity contribution in [3.63, 3.8) is 0 Å². The lowest BCUT2D eigenvalue weighted by molar-refractivity contribution is -0.135. The van der Waals surface area contributed by atoms with Gasteiger partial charge < -0.3 is 19.4 Å². The Kier molecular flexibility index (Phi) is 5.80. The van der Waals surface area contributed by atoms with Crippen molar-refractivity contribution in [2.75, 3.05) is 13.7 Å². The van der Waals surface area contributed by atoms with Gasteiger partial charge in [0.25, 0.3) is 0 Å². The Bertz CT molecular complexity index is 635. The van der Waals surface area contributed by atoms with Gasteiger partial charge in [-0.2, -0.15) is 0 Å². The van der Waals surface area contributed by atoms with Crippen molar-refractivity contribution in [2.24, 2.45) is 0 Å². The second-order valence-corrected chi connectivity index (χ2v) is 5.08. The highest BCUT2D eigenvalue weighted by Gasteiger charge is 2.14. The first-order valence-electron chi connectivity index (χ1n) is 7.26. The second-order valence-electron chi connectivity index (χ2n) is 5.08. The molecule has 0 spiro atoms. The highest BCUT2D eigenvalue weighted by atomic mass is 16.5. The highest BCUT2D eigenvalue weighted by Crippen LogP contribution is 2.13. The number of carbonyl (C=O) groups excluding carboxylic acids is 2. The van der Waals surface area contributed by atoms with E-state index >= 15 is 0 Å². The first-order valence-corrected chi connectivity index (χ1v) is 7.26. The van der Waals surface area contributed by atoms with Gasteiger partial charge in [-0.3, -0.25) is 9.59 Å². The van der Waals surface area contributed by atoms with Crippen molar-refractivity contribution in [1.82, 2.24) is 10.2 Å². The van der Waals surface area contributed by atoms with Crippen LogP contribution in [0.25, 0.3) is 0 Å². The first kappa shape index (κ1) is 16.6. The van der Waals surface area contributed by atoms with Gasteiger partial charge in [-0.05, 0) is 29.8 Å². The van der Waals surface area contributed by atoms with Crippen LogP contribution in [0.2, 0.25) is 0 Å². The number of amides is 2. The molecular formula is C17H20N2O4. The molecule has 0 aliphatic rings. The quantitative estimate of drug-likeness (QED) is 0.847. The third-order valence-corrected chi connectivity index (χ3v) is 3.35. The Morgan fingerprint density at radius 2 is 1.96 bits per heavy atom. The Labute approximate surface area is 135 Å². The normalized spacial score (nSPS) is 10.2. The monoisotopic (exact) mass is 316 g/mol. The molecule has 0 fully saturated rings. The number of nitrogens with zero attached hydrogens (tertiary/aromatic N) is 1. The van der Waals surface area contributed by atoms with Crippen molar-refractivity contribution < 1.29 is 18.7 Å². The van der Waals surface area contributed by atoms with E-state index in [1.165, 1.54) is 11.8 Å². The minimum atomic E-state index is -0.231. The molecule has 0 bridgehead atoms. The minimum absolute atomic E-state index is 0.00205. The molecule has 1 aromatic carbocycles. The molecule has 0 atom stereocenters. The van der Waals surface area contributed by atoms with Crippen LogP contribution in [-0.2, 0) is 22.7 Å². The maximum absolute atomic E-state index is 12.0. The molecule has 1 heterocycles. The van der Waals surface area contributed by atoms with Gasteiger partial charge in [0.15, 0.2) is 0 Å². The molecule has 0 saturated heterocycles. The lowest BCUT2D eigenvalue weighted by Crippen LogP contribution is -2.39. The molecule has 0 aliphatic heterocycles. The lowest BCUT2D eigenvalue weighted by atomic mass is 10.2. The van der Waals surface area contributed by atoms with E-state index in [1.807, 2.05) is 24.3 Å². The first-order chi connectivity index (χ1) is 11.1. The average Bonchev–Trinajstić information content (AvgIpc) is 3.06. The Balaban J connectivity index is 1.89. The predicted molar refractivity (Wildman–Crippen MR) is 84.6 cm³/mol. The van der Waals surface area contributed by atoms with Gasteiger partial charge in [-0.1, -0.05) is 12.1 Å². The topological polar surface area (TPSA) is 71.8 Å². The fraction of sp³-hybridized carbons (Fsp3) is 0.294. The molecule has 2 rings (SSSR count). The molecule has 0 aliphatic carbocycles. The minimum Gasteiger partial charge on any atom is -0.497 e. The van der Waals surface area contributed by atoms with Crippen LogP contribution in [0.3, 0.4) is 0 Å². The van der Waals surface area contributed by atoms with E-state index in [0.717, 1.165) is 11.3 Å². The van der Waals surface area contributed by atoms with Crippen LogP contribution in [0.15, 0.2) is 47.1 Å². The molecule has 6 nitrogen and oxygen atoms in total. The lowest BCUT2D eigenvalue weighted by Gasteiger charge is -2.20. The van der Waals surface area contributed by atoms with Crippen LogP contribution in [0.1, 0.15) is 18.2 Å². The molecule has 0 radical (unpaired) electrons. The van der Waals surface area contributed by atoms with E-state index in [-0.39, 0.29) is 18.4 Å². The molecule has 6 heteroatoms. The number of carbonyl (C=O) groups is 2. The van der Waals surface area contributed by atoms with Gasteiger partial charge in [-0.25, -0.2) is 0 Å². The van der Waals surface area contributed by atoms with Crippen LogP contribution in [-0.4, -0.2) is 30.4 Å². The summed E-state index contributed by atoms with van der Waals surface area (Å²) in [6.07, 6.45) is 1.55. The fourth-order valence-corrected chi connectivity index (χ4v) is 2.06. The Morgan fingerprint density at radius 3 is 2.52 bits per heavy atom. The van der Waals surface area contributed by atoms with Crippen LogP contribution < -0.4 is 10.1 Å². The zero-order valence-corrected chi connectivity index (χ0v) is 13.2. The van der Waals surface area contributed by atoms with Gasteiger partial charge in [0.1, 0.15) is 11.5 Å². The van der Waals surface area contributed by atoms with Crippen molar-refractivity contribution in [1.29, 1.82) is 0 Å². The summed E-state index contributed by atoms with van der Waals surface area (Å²) < 4.78 is 10.2. The van der Waals surface area contributed by atoms with E-state index in [0.29, 0.717) is 18.8 Å². The maximum Gasteiger partial charge on any atom is 0.240 e. The fourth-order valence-electron chi connectivity index (χ4n) is 2.06. The summed E-state index contributed by atoms with van der Waals surface area (Å²) in [5, 5.41) is 2.73. The van der Waals surface area contributed by atoms with Crippen molar-refractivity contribution >= 4 is 11.8 Å². The molecule has 2 aromatic rings. The summed E-state index contributed by atoms with van der Waals surface area (Å²) in [4.78, 5) is 25.2. The van der Waals surface area contributed by atoms with E-state index in [1.54, 1.807) is 25.5 Å². The maximum atomic E-state index is 12.0. The molecule has 2 amide bonds. The highest BCUT2D eigenvalue weighted by molar-refractivity contribution is 5.83. The Morgan fingerprint density at radius 1 is 1.22 bits per heavy atom. The molecule has 1 N–H and O–H groups in total. The second kappa shape index (κ2) is 8.03. The predicted octanol–water partition coefficient (Wildman–Crippen LogP) is 1.95. The molecule has 23 heavy (non-hydrogen) atoms. The molecule has 1 aromatic heterocycles. The van der Waals surface area contributed by atoms with Gasteiger partial charge in [0.2, 0.25) is 11.8 Å². The molecular weight excluding hydrogens is 296 g/mol. The summed E-state index contributed by atoms with van der Waals surface area (Å²) in [6, 6.07) is 10.9. The van der Waals surface area contributed by atoms with E-state index < -0.39 is 0 Å². The van der Waals surface area contributed by atoms with E-state index in [4.69, 9.17) is 9.15 Å². The zero-order valence-electron chi connectivity index (χ0n) is 13.2. The van der Waals surface area contributed by atoms with Crippen LogP contribution in [0.5, 0.6) is 5.75 Å². The van der Waals surface area contributed by atoms with Gasteiger partial charge in [0, 0.05) is 13.5 Å². The average molecular weight is 316 g/mol. The number of rotatable bonds is 7. The number of hydrogen-bond donors (Lipinski definition) is 1. The summed E-state index contributed by atoms with van der Waals surface area (Å²) in [5.74, 6) is 1.03. The van der Waals surface area contributed by atoms with Crippen molar-refractivity contribution in [2.45, 2.75) is 20.0 Å². The van der Waals surface area contributed by atoms with E-state index in [9.17, 15) is 9.59 Å². The summed E-state index contributed by atoms with van der Waals surface area (Å²) in [6.45, 7) is 2.12. The molecule has 0 saturated carbocycles. The standard InChI is InChI=1S/C17H20N2O4/c1-13(20)19(11-14-5-7-15(22-2)8-6-14)12-17(21)18-10-16-4-3-9-23-16/h3-9H,10-12H2,1-2H3,(H,18,21). The molecule has 0 unspecified atom stereocenters. The van der Waals surface area contributed by atoms with Crippen LogP contribution >= 0.6 is 0 Å². The van der Waals surface area contributed by atoms with Crippen LogP contribution in [0, 0.1) is 0 Å². The third-order valence-electron chi connectivity index (χ3n) is 3.35. The summed E-state index contributed by atoms with van der Waals surface area (Å²) in [7, 11) is 1.60.